The molecular formula is C13H23N5O. The second kappa shape index (κ2) is 7.56. The Bertz CT molecular complexity index is 419. The number of hydrogen-bond acceptors (Lipinski definition) is 5. The highest BCUT2D eigenvalue weighted by atomic mass is 16.1. The van der Waals surface area contributed by atoms with Gasteiger partial charge in [0.25, 0.3) is 0 Å². The van der Waals surface area contributed by atoms with Gasteiger partial charge in [-0.05, 0) is 12.3 Å². The Kier molecular flexibility index (Phi) is 6.05. The van der Waals surface area contributed by atoms with Crippen LogP contribution >= 0.6 is 0 Å². The predicted molar refractivity (Wildman–Crippen MR) is 77.5 cm³/mol. The molecule has 106 valence electrons. The largest absolute Gasteiger partial charge is 0.370 e. The summed E-state index contributed by atoms with van der Waals surface area (Å²) in [5.41, 5.74) is 1.01. The lowest BCUT2D eigenvalue weighted by atomic mass is 10.0. The van der Waals surface area contributed by atoms with Crippen LogP contribution in [0.5, 0.6) is 0 Å². The molecule has 1 aromatic heterocycles. The van der Waals surface area contributed by atoms with Crippen molar-refractivity contribution in [2.24, 2.45) is 0 Å². The summed E-state index contributed by atoms with van der Waals surface area (Å²) in [7, 11) is 1.61. The Morgan fingerprint density at radius 2 is 1.89 bits per heavy atom. The van der Waals surface area contributed by atoms with Crippen molar-refractivity contribution in [3.8, 4) is 0 Å². The summed E-state index contributed by atoms with van der Waals surface area (Å²) in [6.07, 6.45) is 2.54. The van der Waals surface area contributed by atoms with Gasteiger partial charge in [-0.15, -0.1) is 0 Å². The molecule has 1 heterocycles. The molecule has 0 aromatic carbocycles. The summed E-state index contributed by atoms with van der Waals surface area (Å²) in [4.78, 5) is 19.8. The molecule has 19 heavy (non-hydrogen) atoms. The molecule has 0 bridgehead atoms. The molecule has 0 saturated carbocycles. The number of rotatable bonds is 7. The van der Waals surface area contributed by atoms with Crippen molar-refractivity contribution < 1.29 is 4.79 Å². The van der Waals surface area contributed by atoms with E-state index < -0.39 is 0 Å². The molecule has 0 saturated heterocycles. The number of nitrogens with one attached hydrogen (secondary N) is 3. The molecule has 0 spiro atoms. The van der Waals surface area contributed by atoms with Crippen LogP contribution in [0.2, 0.25) is 0 Å². The molecule has 0 atom stereocenters. The normalized spacial score (nSPS) is 10.4. The highest BCUT2D eigenvalue weighted by Gasteiger charge is 2.15. The van der Waals surface area contributed by atoms with Gasteiger partial charge in [0, 0.05) is 19.2 Å². The zero-order chi connectivity index (χ0) is 14.3. The topological polar surface area (TPSA) is 78.9 Å². The van der Waals surface area contributed by atoms with Crippen molar-refractivity contribution in [3.05, 3.63) is 11.9 Å². The van der Waals surface area contributed by atoms with Gasteiger partial charge in [0.2, 0.25) is 5.91 Å². The average Bonchev–Trinajstić information content (AvgIpc) is 2.41. The van der Waals surface area contributed by atoms with Crippen molar-refractivity contribution in [3.63, 3.8) is 0 Å². The van der Waals surface area contributed by atoms with E-state index in [1.54, 1.807) is 7.05 Å². The molecule has 0 aliphatic rings. The Balaban J connectivity index is 2.92. The fraction of sp³-hybridized carbons (Fsp3) is 0.615. The van der Waals surface area contributed by atoms with Gasteiger partial charge in [0.05, 0.1) is 6.54 Å². The Labute approximate surface area is 114 Å². The molecule has 0 aliphatic heterocycles. The first kappa shape index (κ1) is 15.2. The van der Waals surface area contributed by atoms with Gasteiger partial charge in [-0.2, -0.15) is 0 Å². The summed E-state index contributed by atoms with van der Waals surface area (Å²) in [5, 5.41) is 8.93. The van der Waals surface area contributed by atoms with E-state index in [1.165, 1.54) is 6.33 Å². The molecule has 0 unspecified atom stereocenters. The minimum Gasteiger partial charge on any atom is -0.370 e. The van der Waals surface area contributed by atoms with Crippen LogP contribution in [0.3, 0.4) is 0 Å². The number of carbonyl (C=O) groups is 1. The van der Waals surface area contributed by atoms with Gasteiger partial charge in [0.1, 0.15) is 18.0 Å². The summed E-state index contributed by atoms with van der Waals surface area (Å²) >= 11 is 0. The highest BCUT2D eigenvalue weighted by molar-refractivity contribution is 5.80. The summed E-state index contributed by atoms with van der Waals surface area (Å²) in [6, 6.07) is 0. The standard InChI is InChI=1S/C13H23N5O/c1-5-6-15-12-11(9(2)3)13(18-8-17-12)16-7-10(19)14-4/h8-9H,5-7H2,1-4H3,(H,14,19)(H2,15,16,17,18). The quantitative estimate of drug-likeness (QED) is 0.697. The van der Waals surface area contributed by atoms with Gasteiger partial charge in [-0.3, -0.25) is 4.79 Å². The summed E-state index contributed by atoms with van der Waals surface area (Å²) in [5.74, 6) is 1.75. The van der Waals surface area contributed by atoms with Crippen LogP contribution in [0.1, 0.15) is 38.7 Å². The Morgan fingerprint density at radius 1 is 1.26 bits per heavy atom. The van der Waals surface area contributed by atoms with Gasteiger partial charge in [-0.25, -0.2) is 9.97 Å². The lowest BCUT2D eigenvalue weighted by molar-refractivity contribution is -0.118. The molecule has 0 radical (unpaired) electrons. The number of nitrogens with zero attached hydrogens (tertiary/aromatic N) is 2. The molecule has 1 aromatic rings. The molecule has 1 amide bonds. The van der Waals surface area contributed by atoms with Crippen LogP contribution in [0.25, 0.3) is 0 Å². The maximum atomic E-state index is 11.3. The number of anilines is 2. The molecule has 1 rings (SSSR count). The van der Waals surface area contributed by atoms with Crippen molar-refractivity contribution in [1.82, 2.24) is 15.3 Å². The van der Waals surface area contributed by atoms with E-state index in [0.29, 0.717) is 5.82 Å². The van der Waals surface area contributed by atoms with Gasteiger partial charge in [0.15, 0.2) is 0 Å². The van der Waals surface area contributed by atoms with E-state index in [0.717, 1.165) is 24.3 Å². The number of likely N-dealkylation sites (N-methyl/N-ethyl adjacent to an activating group) is 1. The Morgan fingerprint density at radius 3 is 2.42 bits per heavy atom. The second-order valence-electron chi connectivity index (χ2n) is 4.59. The van der Waals surface area contributed by atoms with Crippen LogP contribution in [-0.4, -0.2) is 36.0 Å². The zero-order valence-corrected chi connectivity index (χ0v) is 12.1. The number of amides is 1. The summed E-state index contributed by atoms with van der Waals surface area (Å²) < 4.78 is 0. The van der Waals surface area contributed by atoms with Gasteiger partial charge in [-0.1, -0.05) is 20.8 Å². The SMILES string of the molecule is CCCNc1ncnc(NCC(=O)NC)c1C(C)C. The van der Waals surface area contributed by atoms with Crippen molar-refractivity contribution in [2.45, 2.75) is 33.1 Å². The third-order valence-electron chi connectivity index (χ3n) is 2.70. The van der Waals surface area contributed by atoms with E-state index >= 15 is 0 Å². The third-order valence-corrected chi connectivity index (χ3v) is 2.70. The van der Waals surface area contributed by atoms with E-state index in [9.17, 15) is 4.79 Å². The molecule has 6 nitrogen and oxygen atoms in total. The second-order valence-corrected chi connectivity index (χ2v) is 4.59. The highest BCUT2D eigenvalue weighted by Crippen LogP contribution is 2.28. The fourth-order valence-electron chi connectivity index (χ4n) is 1.72. The van der Waals surface area contributed by atoms with Crippen molar-refractivity contribution >= 4 is 17.5 Å². The maximum absolute atomic E-state index is 11.3. The lowest BCUT2D eigenvalue weighted by Gasteiger charge is -2.17. The lowest BCUT2D eigenvalue weighted by Crippen LogP contribution is -2.27. The first-order chi connectivity index (χ1) is 9.10. The van der Waals surface area contributed by atoms with Crippen LogP contribution in [-0.2, 0) is 4.79 Å². The smallest absolute Gasteiger partial charge is 0.239 e. The van der Waals surface area contributed by atoms with E-state index in [-0.39, 0.29) is 18.4 Å². The monoisotopic (exact) mass is 265 g/mol. The Hall–Kier alpha value is -1.85. The average molecular weight is 265 g/mol. The van der Waals surface area contributed by atoms with E-state index in [2.05, 4.69) is 46.7 Å². The first-order valence-electron chi connectivity index (χ1n) is 6.63. The molecular weight excluding hydrogens is 242 g/mol. The molecule has 0 fully saturated rings. The number of hydrogen-bond donors (Lipinski definition) is 3. The number of aromatic nitrogens is 2. The van der Waals surface area contributed by atoms with Crippen LogP contribution < -0.4 is 16.0 Å². The maximum Gasteiger partial charge on any atom is 0.239 e. The fourth-order valence-corrected chi connectivity index (χ4v) is 1.72. The predicted octanol–water partition coefficient (Wildman–Crippen LogP) is 1.58. The van der Waals surface area contributed by atoms with E-state index in [4.69, 9.17) is 0 Å². The van der Waals surface area contributed by atoms with Crippen LogP contribution in [0.15, 0.2) is 6.33 Å². The molecule has 3 N–H and O–H groups in total. The zero-order valence-electron chi connectivity index (χ0n) is 12.1. The van der Waals surface area contributed by atoms with Crippen LogP contribution in [0, 0.1) is 0 Å². The third kappa shape index (κ3) is 4.39. The minimum atomic E-state index is -0.0728. The number of carbonyl (C=O) groups excluding carboxylic acids is 1. The first-order valence-corrected chi connectivity index (χ1v) is 6.63. The van der Waals surface area contributed by atoms with Gasteiger partial charge < -0.3 is 16.0 Å². The van der Waals surface area contributed by atoms with Gasteiger partial charge >= 0.3 is 0 Å². The van der Waals surface area contributed by atoms with Crippen molar-refractivity contribution in [2.75, 3.05) is 30.8 Å². The van der Waals surface area contributed by atoms with E-state index in [1.807, 2.05) is 0 Å². The summed E-state index contributed by atoms with van der Waals surface area (Å²) in [6.45, 7) is 7.35. The van der Waals surface area contributed by atoms with Crippen molar-refractivity contribution in [1.29, 1.82) is 0 Å². The minimum absolute atomic E-state index is 0.0728. The molecule has 0 aliphatic carbocycles. The molecule has 6 heteroatoms. The van der Waals surface area contributed by atoms with Crippen LogP contribution in [0.4, 0.5) is 11.6 Å².